The first-order valence-corrected chi connectivity index (χ1v) is 5.61. The minimum Gasteiger partial charge on any atom is -0.346 e. The highest BCUT2D eigenvalue weighted by molar-refractivity contribution is 6.32. The Morgan fingerprint density at radius 3 is 3.12 bits per heavy atom. The number of hydrogen-bond donors (Lipinski definition) is 1. The van der Waals surface area contributed by atoms with Gasteiger partial charge in [-0.2, -0.15) is 0 Å². The van der Waals surface area contributed by atoms with Gasteiger partial charge in [0.25, 0.3) is 5.56 Å². The van der Waals surface area contributed by atoms with Crippen molar-refractivity contribution in [2.45, 2.75) is 13.1 Å². The summed E-state index contributed by atoms with van der Waals surface area (Å²) in [6, 6.07) is 0. The molecule has 1 N–H and O–H groups in total. The molecule has 3 heterocycles. The molecule has 0 bridgehead atoms. The second kappa shape index (κ2) is 3.89. The molecule has 0 radical (unpaired) electrons. The summed E-state index contributed by atoms with van der Waals surface area (Å²) in [5.41, 5.74) is -0.314. The fourth-order valence-electron chi connectivity index (χ4n) is 1.95. The number of rotatable bonds is 1. The first-order chi connectivity index (χ1) is 8.25. The monoisotopic (exact) mass is 251 g/mol. The van der Waals surface area contributed by atoms with Crippen LogP contribution in [0.5, 0.6) is 0 Å². The molecule has 0 aliphatic carbocycles. The lowest BCUT2D eigenvalue weighted by Crippen LogP contribution is -2.35. The predicted molar refractivity (Wildman–Crippen MR) is 63.1 cm³/mol. The van der Waals surface area contributed by atoms with Gasteiger partial charge in [-0.3, -0.25) is 4.79 Å². The van der Waals surface area contributed by atoms with Crippen molar-refractivity contribution in [2.75, 3.05) is 11.4 Å². The van der Waals surface area contributed by atoms with E-state index >= 15 is 0 Å². The van der Waals surface area contributed by atoms with Crippen molar-refractivity contribution in [3.05, 3.63) is 39.9 Å². The van der Waals surface area contributed by atoms with Crippen LogP contribution in [0.1, 0.15) is 5.82 Å². The number of nitrogens with one attached hydrogen (secondary N) is 1. The van der Waals surface area contributed by atoms with Crippen molar-refractivity contribution in [2.24, 2.45) is 0 Å². The maximum absolute atomic E-state index is 11.4. The zero-order valence-electron chi connectivity index (χ0n) is 8.93. The van der Waals surface area contributed by atoms with Gasteiger partial charge in [-0.25, -0.2) is 9.97 Å². The van der Waals surface area contributed by atoms with E-state index in [0.29, 0.717) is 12.4 Å². The number of anilines is 1. The summed E-state index contributed by atoms with van der Waals surface area (Å²) < 4.78 is 2.08. The average molecular weight is 252 g/mol. The van der Waals surface area contributed by atoms with Crippen LogP contribution < -0.4 is 10.5 Å². The van der Waals surface area contributed by atoms with Gasteiger partial charge in [-0.1, -0.05) is 11.6 Å². The molecule has 1 aliphatic rings. The molecule has 7 heteroatoms. The smallest absolute Gasteiger partial charge is 0.271 e. The highest BCUT2D eigenvalue weighted by atomic mass is 35.5. The summed E-state index contributed by atoms with van der Waals surface area (Å²) in [5, 5.41) is 0.132. The molecule has 0 atom stereocenters. The fourth-order valence-corrected chi connectivity index (χ4v) is 2.17. The van der Waals surface area contributed by atoms with Crippen LogP contribution in [0.3, 0.4) is 0 Å². The topological polar surface area (TPSA) is 66.8 Å². The summed E-state index contributed by atoms with van der Waals surface area (Å²) in [7, 11) is 0. The lowest BCUT2D eigenvalue weighted by atomic mass is 10.3. The summed E-state index contributed by atoms with van der Waals surface area (Å²) in [4.78, 5) is 24.2. The van der Waals surface area contributed by atoms with Crippen molar-refractivity contribution in [1.29, 1.82) is 0 Å². The SMILES string of the molecule is O=c1[nH]cnc(N2CCn3ccnc3C2)c1Cl. The first-order valence-electron chi connectivity index (χ1n) is 5.24. The summed E-state index contributed by atoms with van der Waals surface area (Å²) in [6.45, 7) is 2.20. The van der Waals surface area contributed by atoms with Gasteiger partial charge in [0, 0.05) is 25.5 Å². The molecule has 3 rings (SSSR count). The number of hydrogen-bond acceptors (Lipinski definition) is 4. The summed E-state index contributed by atoms with van der Waals surface area (Å²) in [6.07, 6.45) is 5.08. The van der Waals surface area contributed by atoms with Gasteiger partial charge in [-0.05, 0) is 0 Å². The molecule has 0 saturated heterocycles. The van der Waals surface area contributed by atoms with Crippen molar-refractivity contribution in [3.8, 4) is 0 Å². The van der Waals surface area contributed by atoms with E-state index in [2.05, 4.69) is 19.5 Å². The Morgan fingerprint density at radius 1 is 1.35 bits per heavy atom. The molecular formula is C10H10ClN5O. The van der Waals surface area contributed by atoms with Gasteiger partial charge in [0.2, 0.25) is 0 Å². The molecule has 0 aromatic carbocycles. The van der Waals surface area contributed by atoms with E-state index in [-0.39, 0.29) is 10.6 Å². The lowest BCUT2D eigenvalue weighted by Gasteiger charge is -2.28. The number of halogens is 1. The third kappa shape index (κ3) is 1.70. The fraction of sp³-hybridized carbons (Fsp3) is 0.300. The Balaban J connectivity index is 1.97. The Labute approximate surface area is 102 Å². The third-order valence-electron chi connectivity index (χ3n) is 2.82. The van der Waals surface area contributed by atoms with Gasteiger partial charge in [0.15, 0.2) is 5.82 Å². The zero-order chi connectivity index (χ0) is 11.8. The minimum atomic E-state index is -0.314. The van der Waals surface area contributed by atoms with Crippen LogP contribution in [-0.4, -0.2) is 26.1 Å². The molecule has 6 nitrogen and oxygen atoms in total. The van der Waals surface area contributed by atoms with Gasteiger partial charge in [0.1, 0.15) is 10.8 Å². The average Bonchev–Trinajstić information content (AvgIpc) is 2.79. The van der Waals surface area contributed by atoms with Crippen molar-refractivity contribution >= 4 is 17.4 Å². The highest BCUT2D eigenvalue weighted by Gasteiger charge is 2.20. The number of H-pyrrole nitrogens is 1. The molecule has 0 amide bonds. The molecule has 0 unspecified atom stereocenters. The Morgan fingerprint density at radius 2 is 2.24 bits per heavy atom. The van der Waals surface area contributed by atoms with Crippen molar-refractivity contribution in [1.82, 2.24) is 19.5 Å². The standard InChI is InChI=1S/C10H10ClN5O/c11-8-9(13-6-14-10(8)17)16-4-3-15-2-1-12-7(15)5-16/h1-2,6H,3-5H2,(H,13,14,17). The molecule has 0 saturated carbocycles. The van der Waals surface area contributed by atoms with Crippen LogP contribution in [-0.2, 0) is 13.1 Å². The van der Waals surface area contributed by atoms with Crippen molar-refractivity contribution in [3.63, 3.8) is 0 Å². The second-order valence-corrected chi connectivity index (χ2v) is 4.21. The van der Waals surface area contributed by atoms with E-state index in [1.807, 2.05) is 11.1 Å². The minimum absolute atomic E-state index is 0.132. The maximum Gasteiger partial charge on any atom is 0.271 e. The van der Waals surface area contributed by atoms with Crippen LogP contribution in [0.15, 0.2) is 23.5 Å². The Hall–Kier alpha value is -1.82. The van der Waals surface area contributed by atoms with E-state index in [1.54, 1.807) is 6.20 Å². The Bertz CT molecular complexity index is 605. The number of fused-ring (bicyclic) bond motifs is 1. The van der Waals surface area contributed by atoms with E-state index in [0.717, 1.165) is 18.9 Å². The van der Waals surface area contributed by atoms with Crippen LogP contribution in [0.25, 0.3) is 0 Å². The first kappa shape index (κ1) is 10.3. The molecule has 88 valence electrons. The van der Waals surface area contributed by atoms with Crippen molar-refractivity contribution < 1.29 is 0 Å². The van der Waals surface area contributed by atoms with Crippen LogP contribution >= 0.6 is 11.6 Å². The second-order valence-electron chi connectivity index (χ2n) is 3.83. The Kier molecular flexibility index (Phi) is 2.36. The van der Waals surface area contributed by atoms with Gasteiger partial charge < -0.3 is 14.5 Å². The largest absolute Gasteiger partial charge is 0.346 e. The third-order valence-corrected chi connectivity index (χ3v) is 3.16. The van der Waals surface area contributed by atoms with E-state index in [9.17, 15) is 4.79 Å². The number of aromatic amines is 1. The van der Waals surface area contributed by atoms with Crippen LogP contribution in [0, 0.1) is 0 Å². The molecule has 2 aromatic rings. The van der Waals surface area contributed by atoms with E-state index < -0.39 is 0 Å². The number of aromatic nitrogens is 4. The quantitative estimate of drug-likeness (QED) is 0.808. The number of imidazole rings is 1. The molecule has 0 spiro atoms. The van der Waals surface area contributed by atoms with E-state index in [4.69, 9.17) is 11.6 Å². The lowest BCUT2D eigenvalue weighted by molar-refractivity contribution is 0.555. The summed E-state index contributed by atoms with van der Waals surface area (Å²) >= 11 is 5.95. The van der Waals surface area contributed by atoms with Crippen LogP contribution in [0.2, 0.25) is 5.02 Å². The molecule has 17 heavy (non-hydrogen) atoms. The summed E-state index contributed by atoms with van der Waals surface area (Å²) in [5.74, 6) is 1.47. The molecular weight excluding hydrogens is 242 g/mol. The van der Waals surface area contributed by atoms with Crippen LogP contribution in [0.4, 0.5) is 5.82 Å². The van der Waals surface area contributed by atoms with Gasteiger partial charge in [-0.15, -0.1) is 0 Å². The zero-order valence-corrected chi connectivity index (χ0v) is 9.68. The molecule has 2 aromatic heterocycles. The maximum atomic E-state index is 11.4. The molecule has 0 fully saturated rings. The number of nitrogens with zero attached hydrogens (tertiary/aromatic N) is 4. The highest BCUT2D eigenvalue weighted by Crippen LogP contribution is 2.22. The van der Waals surface area contributed by atoms with E-state index in [1.165, 1.54) is 6.33 Å². The van der Waals surface area contributed by atoms with Gasteiger partial charge in [0.05, 0.1) is 12.9 Å². The molecule has 1 aliphatic heterocycles. The normalized spacial score (nSPS) is 14.8. The predicted octanol–water partition coefficient (Wildman–Crippen LogP) is 0.640. The van der Waals surface area contributed by atoms with Gasteiger partial charge >= 0.3 is 0 Å².